The van der Waals surface area contributed by atoms with Gasteiger partial charge in [0.2, 0.25) is 11.8 Å². The van der Waals surface area contributed by atoms with E-state index in [1.165, 1.54) is 77.6 Å². The van der Waals surface area contributed by atoms with Crippen LogP contribution in [0.5, 0.6) is 0 Å². The third-order valence-electron chi connectivity index (χ3n) is 12.5. The van der Waals surface area contributed by atoms with Crippen molar-refractivity contribution in [2.75, 3.05) is 0 Å². The number of carbonyl (C=O) groups excluding carboxylic acids is 2. The van der Waals surface area contributed by atoms with Crippen LogP contribution < -0.4 is 31.9 Å². The molecule has 0 heterocycles. The van der Waals surface area contributed by atoms with Crippen molar-refractivity contribution in [1.29, 1.82) is 0 Å². The van der Waals surface area contributed by atoms with Gasteiger partial charge in [-0.05, 0) is 207 Å². The molecule has 0 aromatic heterocycles. The normalized spacial score (nSPS) is 20.3. The monoisotopic (exact) mass is 1050 g/mol. The molecule has 5 aliphatic rings. The fraction of sp³-hybridized carbons (Fsp3) is 0.258. The van der Waals surface area contributed by atoms with Gasteiger partial charge in [0.05, 0.1) is 11.8 Å². The molecule has 2 atom stereocenters. The standard InChI is InChI=1S/C50H54N2O2P2.2C6H7.2Fe/c1-31-19-32(2)24-39(23-31)55(40-25-33(3)20-34(4)26-40)47-17-11-13-43(47)49(53)51-45-15-9-10-16-46(45)52-50(54)44-14-12-18-48(44)56(41-27-35(5)21-36(6)28-41)42-29-37(7)22-38(8)30-42;2*1-6-4-2-3-5-6;;/h11-14,17-30,45-46H,9-10,15-16H2,1-8H3,(H,51,53)(H,52,54);2*2-5H,1H3;;/t45-,46+;;;;. The van der Waals surface area contributed by atoms with Crippen LogP contribution >= 0.6 is 15.8 Å². The van der Waals surface area contributed by atoms with Crippen LogP contribution in [0.4, 0.5) is 0 Å². The summed E-state index contributed by atoms with van der Waals surface area (Å²) in [6, 6.07) is 26.7. The Morgan fingerprint density at radius 2 is 0.629 bits per heavy atom. The molecular weight excluding hydrogens is 978 g/mol. The fourth-order valence-electron chi connectivity index (χ4n) is 9.68. The number of benzene rings is 4. The van der Waals surface area contributed by atoms with Gasteiger partial charge in [0, 0.05) is 57.5 Å². The molecule has 70 heavy (non-hydrogen) atoms. The van der Waals surface area contributed by atoms with Crippen LogP contribution in [0, 0.1) is 180 Å². The Bertz CT molecular complexity index is 1980. The molecule has 364 valence electrons. The molecule has 9 rings (SSSR count). The number of nitrogens with one attached hydrogen (secondary N) is 2. The summed E-state index contributed by atoms with van der Waals surface area (Å²) >= 11 is 0. The first-order valence-corrected chi connectivity index (χ1v) is 26.7. The zero-order chi connectivity index (χ0) is 48.5. The third-order valence-corrected chi connectivity index (χ3v) is 17.3. The zero-order valence-corrected chi connectivity index (χ0v) is 46.4. The van der Waals surface area contributed by atoms with Crippen molar-refractivity contribution in [3.63, 3.8) is 0 Å². The number of amides is 2. The predicted molar refractivity (Wildman–Crippen MR) is 289 cm³/mol. The number of carbonyl (C=O) groups is 2. The average molecular weight is 1050 g/mol. The van der Waals surface area contributed by atoms with Crippen LogP contribution in [0.1, 0.15) is 84.0 Å². The van der Waals surface area contributed by atoms with Crippen molar-refractivity contribution in [1.82, 2.24) is 10.6 Å². The first-order chi connectivity index (χ1) is 32.6. The average Bonchev–Trinajstić information content (AvgIpc) is 4.12. The van der Waals surface area contributed by atoms with E-state index < -0.39 is 15.8 Å². The number of rotatable bonds is 10. The van der Waals surface area contributed by atoms with Crippen LogP contribution in [0.2, 0.25) is 0 Å². The van der Waals surface area contributed by atoms with E-state index in [9.17, 15) is 9.59 Å². The van der Waals surface area contributed by atoms with Gasteiger partial charge in [0.15, 0.2) is 0 Å². The molecule has 4 aromatic carbocycles. The van der Waals surface area contributed by atoms with Gasteiger partial charge < -0.3 is 10.6 Å². The smallest absolute Gasteiger partial charge is 0.228 e. The molecule has 0 aliphatic heterocycles. The number of hydrogen-bond donors (Lipinski definition) is 2. The first-order valence-electron chi connectivity index (χ1n) is 24.0. The van der Waals surface area contributed by atoms with E-state index in [0.717, 1.165) is 48.8 Å². The van der Waals surface area contributed by atoms with Crippen molar-refractivity contribution in [2.45, 2.75) is 107 Å². The zero-order valence-electron chi connectivity index (χ0n) is 42.4. The molecule has 4 aromatic rings. The maximum atomic E-state index is 14.4. The van der Waals surface area contributed by atoms with Crippen LogP contribution in [0.25, 0.3) is 0 Å². The minimum atomic E-state index is -0.986. The maximum Gasteiger partial charge on any atom is 0.228 e. The Balaban J connectivity index is 0.000000569. The summed E-state index contributed by atoms with van der Waals surface area (Å²) in [5.41, 5.74) is 11.9. The molecule has 0 spiro atoms. The predicted octanol–water partition coefficient (Wildman–Crippen LogP) is 11.5. The van der Waals surface area contributed by atoms with Crippen LogP contribution in [0.15, 0.2) is 72.8 Å². The van der Waals surface area contributed by atoms with Gasteiger partial charge in [-0.3, -0.25) is 9.59 Å². The molecule has 0 bridgehead atoms. The van der Waals surface area contributed by atoms with Crippen molar-refractivity contribution in [3.8, 4) is 0 Å². The summed E-state index contributed by atoms with van der Waals surface area (Å²) < 4.78 is 0. The minimum Gasteiger partial charge on any atom is -0.351 e. The molecule has 2 N–H and O–H groups in total. The van der Waals surface area contributed by atoms with Crippen molar-refractivity contribution >= 4 is 48.9 Å². The molecule has 20 radical (unpaired) electrons. The largest absolute Gasteiger partial charge is 0.351 e. The minimum absolute atomic E-state index is 0. The first kappa shape index (κ1) is 58.6. The van der Waals surface area contributed by atoms with E-state index in [1.54, 1.807) is 0 Å². The summed E-state index contributed by atoms with van der Waals surface area (Å²) in [4.78, 5) is 28.9. The van der Waals surface area contributed by atoms with Gasteiger partial charge in [-0.25, -0.2) is 0 Å². The van der Waals surface area contributed by atoms with Gasteiger partial charge in [0.25, 0.3) is 0 Å². The van der Waals surface area contributed by atoms with Gasteiger partial charge >= 0.3 is 0 Å². The summed E-state index contributed by atoms with van der Waals surface area (Å²) in [6.45, 7) is 21.3. The number of aryl methyl sites for hydroxylation is 8. The molecule has 4 nitrogen and oxygen atoms in total. The van der Waals surface area contributed by atoms with Gasteiger partial charge in [-0.15, -0.1) is 0 Å². The topological polar surface area (TPSA) is 58.2 Å². The Morgan fingerprint density at radius 1 is 0.371 bits per heavy atom. The van der Waals surface area contributed by atoms with Crippen LogP contribution in [0.3, 0.4) is 0 Å². The van der Waals surface area contributed by atoms with E-state index in [1.807, 2.05) is 51.4 Å². The van der Waals surface area contributed by atoms with E-state index in [0.29, 0.717) is 0 Å². The molecule has 2 amide bonds. The quantitative estimate of drug-likeness (QED) is 0.123. The Kier molecular flexibility index (Phi) is 23.3. The fourth-order valence-corrected chi connectivity index (χ4v) is 15.4. The second kappa shape index (κ2) is 27.9. The Morgan fingerprint density at radius 3 is 0.857 bits per heavy atom. The van der Waals surface area contributed by atoms with E-state index in [-0.39, 0.29) is 58.0 Å². The van der Waals surface area contributed by atoms with Gasteiger partial charge in [-0.1, -0.05) is 144 Å². The summed E-state index contributed by atoms with van der Waals surface area (Å²) in [5.74, 6) is 3.98. The SMILES string of the molecule is C[C]1[CH][CH][CH][CH]1.C[C]1[CH][CH][CH][CH]1.Cc1cc(C)cc(P([C]2[CH][CH][CH][C]2C(=O)N[C@H]2CCCC[C@H]2NC(=O)[C]2[CH][CH][CH][C]2P(c2cc(C)cc(C)c2)c2cc(C)cc(C)c2)c2cc(C)cc(C)c2)c1.[Fe].[Fe]. The third kappa shape index (κ3) is 16.1. The second-order valence-corrected chi connectivity index (χ2v) is 23.4. The molecule has 8 heteroatoms. The molecule has 5 fully saturated rings. The van der Waals surface area contributed by atoms with Gasteiger partial charge in [-0.2, -0.15) is 0 Å². The Hall–Kier alpha value is -2.28. The molecule has 5 aliphatic carbocycles. The second-order valence-electron chi connectivity index (χ2n) is 19.1. The summed E-state index contributed by atoms with van der Waals surface area (Å²) in [5, 5.41) is 11.9. The van der Waals surface area contributed by atoms with E-state index >= 15 is 0 Å². The summed E-state index contributed by atoms with van der Waals surface area (Å²) in [6.07, 6.45) is 32.4. The molecule has 0 unspecified atom stereocenters. The molecule has 5 saturated carbocycles. The Labute approximate surface area is 449 Å². The molecular formula is C62H68Fe2N2O2P2. The maximum absolute atomic E-state index is 14.4. The van der Waals surface area contributed by atoms with E-state index in [2.05, 4.69) is 191 Å². The van der Waals surface area contributed by atoms with Gasteiger partial charge in [0.1, 0.15) is 0 Å². The molecule has 0 saturated heterocycles. The van der Waals surface area contributed by atoms with E-state index in [4.69, 9.17) is 0 Å². The van der Waals surface area contributed by atoms with Crippen molar-refractivity contribution in [3.05, 3.63) is 242 Å². The van der Waals surface area contributed by atoms with Crippen molar-refractivity contribution < 1.29 is 43.7 Å². The van der Waals surface area contributed by atoms with Crippen LogP contribution in [-0.4, -0.2) is 23.9 Å². The van der Waals surface area contributed by atoms with Crippen molar-refractivity contribution in [2.24, 2.45) is 0 Å². The van der Waals surface area contributed by atoms with Crippen LogP contribution in [-0.2, 0) is 43.7 Å². The number of hydrogen-bond acceptors (Lipinski definition) is 2. The summed E-state index contributed by atoms with van der Waals surface area (Å²) in [7, 11) is -1.97.